The van der Waals surface area contributed by atoms with Crippen LogP contribution in [0.15, 0.2) is 0 Å². The Hall–Kier alpha value is -0.570. The first-order valence-corrected chi connectivity index (χ1v) is 8.69. The fourth-order valence-electron chi connectivity index (χ4n) is 4.41. The Morgan fingerprint density at radius 1 is 1.00 bits per heavy atom. The molecular formula is C17H29NO2. The SMILES string of the molecule is CC1CCCC(OC(=O)C2CCC3CCCCC3N2)C1. The summed E-state index contributed by atoms with van der Waals surface area (Å²) in [6, 6.07) is 0.534. The van der Waals surface area contributed by atoms with Gasteiger partial charge in [0.2, 0.25) is 0 Å². The van der Waals surface area contributed by atoms with E-state index in [9.17, 15) is 4.79 Å². The van der Waals surface area contributed by atoms with Gasteiger partial charge in [-0.15, -0.1) is 0 Å². The molecule has 3 aliphatic rings. The van der Waals surface area contributed by atoms with Crippen LogP contribution in [0.2, 0.25) is 0 Å². The molecule has 3 heteroatoms. The van der Waals surface area contributed by atoms with E-state index in [1.54, 1.807) is 0 Å². The molecule has 1 heterocycles. The predicted molar refractivity (Wildman–Crippen MR) is 79.4 cm³/mol. The summed E-state index contributed by atoms with van der Waals surface area (Å²) in [5.41, 5.74) is 0. The third-order valence-corrected chi connectivity index (χ3v) is 5.61. The second kappa shape index (κ2) is 6.46. The maximum Gasteiger partial charge on any atom is 0.323 e. The first-order chi connectivity index (χ1) is 9.72. The van der Waals surface area contributed by atoms with Crippen molar-refractivity contribution in [3.63, 3.8) is 0 Å². The number of fused-ring (bicyclic) bond motifs is 1. The van der Waals surface area contributed by atoms with Crippen LogP contribution in [0.25, 0.3) is 0 Å². The molecule has 0 amide bonds. The van der Waals surface area contributed by atoms with Crippen molar-refractivity contribution in [3.05, 3.63) is 0 Å². The van der Waals surface area contributed by atoms with Gasteiger partial charge in [-0.05, 0) is 56.8 Å². The van der Waals surface area contributed by atoms with Crippen LogP contribution in [0.3, 0.4) is 0 Å². The van der Waals surface area contributed by atoms with E-state index in [2.05, 4.69) is 12.2 Å². The van der Waals surface area contributed by atoms with Gasteiger partial charge >= 0.3 is 5.97 Å². The molecule has 1 aliphatic heterocycles. The third kappa shape index (κ3) is 3.36. The Bertz CT molecular complexity index is 344. The quantitative estimate of drug-likeness (QED) is 0.787. The van der Waals surface area contributed by atoms with Crippen LogP contribution in [0.4, 0.5) is 0 Å². The first kappa shape index (κ1) is 14.4. The normalized spacial score (nSPS) is 41.8. The maximum atomic E-state index is 12.4. The molecule has 3 fully saturated rings. The molecule has 5 atom stereocenters. The van der Waals surface area contributed by atoms with Gasteiger partial charge in [-0.25, -0.2) is 0 Å². The summed E-state index contributed by atoms with van der Waals surface area (Å²) in [6.07, 6.45) is 12.3. The Kier molecular flexibility index (Phi) is 4.65. The summed E-state index contributed by atoms with van der Waals surface area (Å²) < 4.78 is 5.78. The number of hydrogen-bond acceptors (Lipinski definition) is 3. The number of carbonyl (C=O) groups is 1. The fourth-order valence-corrected chi connectivity index (χ4v) is 4.41. The molecule has 2 aliphatic carbocycles. The topological polar surface area (TPSA) is 38.3 Å². The number of hydrogen-bond donors (Lipinski definition) is 1. The highest BCUT2D eigenvalue weighted by Crippen LogP contribution is 2.33. The predicted octanol–water partition coefficient (Wildman–Crippen LogP) is 3.42. The maximum absolute atomic E-state index is 12.4. The van der Waals surface area contributed by atoms with Crippen LogP contribution in [-0.4, -0.2) is 24.2 Å². The second-order valence-electron chi connectivity index (χ2n) is 7.28. The number of rotatable bonds is 2. The van der Waals surface area contributed by atoms with Crippen LogP contribution in [0.1, 0.15) is 71.1 Å². The number of carbonyl (C=O) groups excluding carboxylic acids is 1. The van der Waals surface area contributed by atoms with Gasteiger partial charge in [0.15, 0.2) is 0 Å². The van der Waals surface area contributed by atoms with Crippen LogP contribution < -0.4 is 5.32 Å². The number of piperidine rings is 1. The van der Waals surface area contributed by atoms with Gasteiger partial charge in [0, 0.05) is 6.04 Å². The molecule has 0 aromatic carbocycles. The highest BCUT2D eigenvalue weighted by molar-refractivity contribution is 5.76. The Morgan fingerprint density at radius 3 is 2.70 bits per heavy atom. The molecule has 3 rings (SSSR count). The van der Waals surface area contributed by atoms with Crippen molar-refractivity contribution in [2.75, 3.05) is 0 Å². The van der Waals surface area contributed by atoms with Crippen molar-refractivity contribution < 1.29 is 9.53 Å². The summed E-state index contributed by atoms with van der Waals surface area (Å²) in [7, 11) is 0. The van der Waals surface area contributed by atoms with Gasteiger partial charge in [0.1, 0.15) is 12.1 Å². The lowest BCUT2D eigenvalue weighted by Crippen LogP contribution is -2.53. The van der Waals surface area contributed by atoms with E-state index in [1.165, 1.54) is 44.9 Å². The van der Waals surface area contributed by atoms with E-state index in [4.69, 9.17) is 4.74 Å². The van der Waals surface area contributed by atoms with Gasteiger partial charge < -0.3 is 10.1 Å². The summed E-state index contributed by atoms with van der Waals surface area (Å²) in [6.45, 7) is 2.27. The molecule has 0 radical (unpaired) electrons. The molecule has 0 aromatic heterocycles. The fraction of sp³-hybridized carbons (Fsp3) is 0.941. The zero-order valence-electron chi connectivity index (χ0n) is 12.8. The van der Waals surface area contributed by atoms with Gasteiger partial charge in [-0.1, -0.05) is 26.2 Å². The van der Waals surface area contributed by atoms with E-state index in [-0.39, 0.29) is 18.1 Å². The van der Waals surface area contributed by atoms with E-state index in [0.29, 0.717) is 12.0 Å². The first-order valence-electron chi connectivity index (χ1n) is 8.69. The van der Waals surface area contributed by atoms with Crippen LogP contribution in [-0.2, 0) is 9.53 Å². The molecule has 2 saturated carbocycles. The Morgan fingerprint density at radius 2 is 1.85 bits per heavy atom. The van der Waals surface area contributed by atoms with Crippen molar-refractivity contribution in [1.82, 2.24) is 5.32 Å². The van der Waals surface area contributed by atoms with Crippen LogP contribution in [0, 0.1) is 11.8 Å². The van der Waals surface area contributed by atoms with E-state index >= 15 is 0 Å². The minimum Gasteiger partial charge on any atom is -0.461 e. The highest BCUT2D eigenvalue weighted by Gasteiger charge is 2.36. The van der Waals surface area contributed by atoms with Gasteiger partial charge in [-0.3, -0.25) is 4.79 Å². The molecule has 20 heavy (non-hydrogen) atoms. The van der Waals surface area contributed by atoms with Crippen molar-refractivity contribution >= 4 is 5.97 Å². The number of esters is 1. The van der Waals surface area contributed by atoms with Crippen molar-refractivity contribution in [2.24, 2.45) is 11.8 Å². The third-order valence-electron chi connectivity index (χ3n) is 5.61. The van der Waals surface area contributed by atoms with Crippen LogP contribution in [0.5, 0.6) is 0 Å². The van der Waals surface area contributed by atoms with E-state index in [0.717, 1.165) is 25.2 Å². The average Bonchev–Trinajstić information content (AvgIpc) is 2.47. The smallest absolute Gasteiger partial charge is 0.323 e. The second-order valence-corrected chi connectivity index (χ2v) is 7.28. The van der Waals surface area contributed by atoms with Gasteiger partial charge in [0.05, 0.1) is 0 Å². The largest absolute Gasteiger partial charge is 0.461 e. The van der Waals surface area contributed by atoms with Crippen molar-refractivity contribution in [3.8, 4) is 0 Å². The molecule has 0 bridgehead atoms. The molecule has 5 unspecified atom stereocenters. The van der Waals surface area contributed by atoms with Gasteiger partial charge in [0.25, 0.3) is 0 Å². The standard InChI is InChI=1S/C17H29NO2/c1-12-5-4-7-14(11-12)20-17(19)16-10-9-13-6-2-3-8-15(13)18-16/h12-16,18H,2-11H2,1H3. The van der Waals surface area contributed by atoms with E-state index < -0.39 is 0 Å². The molecule has 0 spiro atoms. The zero-order valence-corrected chi connectivity index (χ0v) is 12.8. The van der Waals surface area contributed by atoms with Crippen molar-refractivity contribution in [2.45, 2.75) is 89.3 Å². The van der Waals surface area contributed by atoms with E-state index in [1.807, 2.05) is 0 Å². The van der Waals surface area contributed by atoms with Crippen molar-refractivity contribution in [1.29, 1.82) is 0 Å². The molecule has 3 nitrogen and oxygen atoms in total. The summed E-state index contributed by atoms with van der Waals surface area (Å²) >= 11 is 0. The lowest BCUT2D eigenvalue weighted by atomic mass is 9.78. The Labute approximate surface area is 122 Å². The monoisotopic (exact) mass is 279 g/mol. The zero-order chi connectivity index (χ0) is 13.9. The minimum atomic E-state index is -0.0356. The lowest BCUT2D eigenvalue weighted by Gasteiger charge is -2.40. The molecular weight excluding hydrogens is 250 g/mol. The summed E-state index contributed by atoms with van der Waals surface area (Å²) in [4.78, 5) is 12.4. The summed E-state index contributed by atoms with van der Waals surface area (Å²) in [5.74, 6) is 1.54. The Balaban J connectivity index is 1.50. The molecule has 114 valence electrons. The van der Waals surface area contributed by atoms with Gasteiger partial charge in [-0.2, -0.15) is 0 Å². The highest BCUT2D eigenvalue weighted by atomic mass is 16.5. The van der Waals surface area contributed by atoms with Crippen LogP contribution >= 0.6 is 0 Å². The minimum absolute atomic E-state index is 0.0214. The molecule has 1 saturated heterocycles. The summed E-state index contributed by atoms with van der Waals surface area (Å²) in [5, 5.41) is 3.58. The number of nitrogens with one attached hydrogen (secondary N) is 1. The molecule has 0 aromatic rings. The number of ether oxygens (including phenoxy) is 1. The lowest BCUT2D eigenvalue weighted by molar-refractivity contribution is -0.155. The molecule has 1 N–H and O–H groups in total. The average molecular weight is 279 g/mol.